The van der Waals surface area contributed by atoms with Gasteiger partial charge in [-0.2, -0.15) is 0 Å². The summed E-state index contributed by atoms with van der Waals surface area (Å²) < 4.78 is 0. The van der Waals surface area contributed by atoms with Crippen LogP contribution in [0.15, 0.2) is 24.5 Å². The van der Waals surface area contributed by atoms with Crippen molar-refractivity contribution < 1.29 is 0 Å². The summed E-state index contributed by atoms with van der Waals surface area (Å²) in [4.78, 5) is 3.94. The summed E-state index contributed by atoms with van der Waals surface area (Å²) in [6, 6.07) is 4.48. The lowest BCUT2D eigenvalue weighted by molar-refractivity contribution is 0.986. The van der Waals surface area contributed by atoms with Crippen molar-refractivity contribution >= 4 is 24.8 Å². The van der Waals surface area contributed by atoms with Gasteiger partial charge in [-0.25, -0.2) is 0 Å². The van der Waals surface area contributed by atoms with E-state index in [1.807, 2.05) is 24.5 Å². The van der Waals surface area contributed by atoms with Crippen molar-refractivity contribution in [3.05, 3.63) is 30.1 Å². The zero-order valence-corrected chi connectivity index (χ0v) is 8.15. The van der Waals surface area contributed by atoms with Crippen molar-refractivity contribution in [1.29, 1.82) is 0 Å². The van der Waals surface area contributed by atoms with E-state index >= 15 is 0 Å². The monoisotopic (exact) mass is 206 g/mol. The molecule has 2 nitrogen and oxygen atoms in total. The number of pyridine rings is 1. The Balaban J connectivity index is 0.000000605. The van der Waals surface area contributed by atoms with E-state index in [1.165, 1.54) is 5.56 Å². The van der Waals surface area contributed by atoms with Crippen LogP contribution in [0.2, 0.25) is 0 Å². The highest BCUT2D eigenvalue weighted by atomic mass is 35.5. The molecule has 0 aromatic carbocycles. The Labute approximate surface area is 84.4 Å². The normalized spacial score (nSPS) is 25.1. The Kier molecular flexibility index (Phi) is 4.53. The Hall–Kier alpha value is -0.310. The topological polar surface area (TPSA) is 38.9 Å². The first-order chi connectivity index (χ1) is 4.88. The number of aromatic nitrogens is 1. The van der Waals surface area contributed by atoms with Gasteiger partial charge in [0.25, 0.3) is 0 Å². The predicted molar refractivity (Wildman–Crippen MR) is 54.1 cm³/mol. The second-order valence-corrected chi connectivity index (χ2v) is 2.79. The minimum Gasteiger partial charge on any atom is -0.327 e. The fourth-order valence-electron chi connectivity index (χ4n) is 1.21. The Bertz CT molecular complexity index is 228. The number of nitrogens with zero attached hydrogens (tertiary/aromatic N) is 1. The average molecular weight is 207 g/mol. The highest BCUT2D eigenvalue weighted by Gasteiger charge is 2.34. The molecule has 1 aliphatic carbocycles. The molecule has 0 aliphatic heterocycles. The van der Waals surface area contributed by atoms with Gasteiger partial charge < -0.3 is 5.73 Å². The molecule has 1 saturated carbocycles. The first-order valence-corrected chi connectivity index (χ1v) is 3.53. The maximum absolute atomic E-state index is 5.68. The Morgan fingerprint density at radius 1 is 1.25 bits per heavy atom. The van der Waals surface area contributed by atoms with Crippen LogP contribution < -0.4 is 5.73 Å². The summed E-state index contributed by atoms with van der Waals surface area (Å²) in [7, 11) is 0. The number of rotatable bonds is 1. The van der Waals surface area contributed by atoms with E-state index in [-0.39, 0.29) is 24.8 Å². The lowest BCUT2D eigenvalue weighted by atomic mass is 10.2. The van der Waals surface area contributed by atoms with Gasteiger partial charge in [-0.1, -0.05) is 0 Å². The molecule has 12 heavy (non-hydrogen) atoms. The first-order valence-electron chi connectivity index (χ1n) is 3.53. The third kappa shape index (κ3) is 2.34. The van der Waals surface area contributed by atoms with E-state index in [0.717, 1.165) is 6.42 Å². The number of halogens is 2. The molecule has 4 heteroatoms. The molecule has 68 valence electrons. The number of nitrogens with two attached hydrogens (primary N) is 1. The van der Waals surface area contributed by atoms with Crippen LogP contribution in [0.4, 0.5) is 0 Å². The zero-order valence-electron chi connectivity index (χ0n) is 6.51. The second-order valence-electron chi connectivity index (χ2n) is 2.79. The maximum atomic E-state index is 5.68. The highest BCUT2D eigenvalue weighted by molar-refractivity contribution is 5.85. The molecule has 1 unspecified atom stereocenters. The summed E-state index contributed by atoms with van der Waals surface area (Å²) in [5.74, 6) is 0.614. The minimum absolute atomic E-state index is 0. The van der Waals surface area contributed by atoms with Crippen molar-refractivity contribution in [1.82, 2.24) is 4.98 Å². The third-order valence-electron chi connectivity index (χ3n) is 1.97. The molecule has 0 amide bonds. The van der Waals surface area contributed by atoms with Crippen LogP contribution in [0.3, 0.4) is 0 Å². The smallest absolute Gasteiger partial charge is 0.0270 e. The van der Waals surface area contributed by atoms with Crippen LogP contribution in [0.1, 0.15) is 17.9 Å². The van der Waals surface area contributed by atoms with Crippen LogP contribution in [0.5, 0.6) is 0 Å². The molecule has 2 rings (SSSR count). The van der Waals surface area contributed by atoms with E-state index < -0.39 is 0 Å². The molecule has 1 aromatic heterocycles. The Morgan fingerprint density at radius 2 is 1.75 bits per heavy atom. The standard InChI is InChI=1S/C8H10N2.2ClH/c9-8-5-7(8)6-1-3-10-4-2-6;;/h1-4,7-8H,5,9H2;2*1H/t7?,8-;;/m1../s1. The molecule has 2 atom stereocenters. The predicted octanol–water partition coefficient (Wildman–Crippen LogP) is 1.74. The van der Waals surface area contributed by atoms with Crippen molar-refractivity contribution in [3.63, 3.8) is 0 Å². The molecule has 0 bridgehead atoms. The second kappa shape index (κ2) is 4.65. The molecule has 0 saturated heterocycles. The molecule has 0 radical (unpaired) electrons. The molecule has 1 heterocycles. The van der Waals surface area contributed by atoms with Gasteiger partial charge in [0.05, 0.1) is 0 Å². The average Bonchev–Trinajstić information content (AvgIpc) is 2.69. The highest BCUT2D eigenvalue weighted by Crippen LogP contribution is 2.38. The van der Waals surface area contributed by atoms with Crippen molar-refractivity contribution in [3.8, 4) is 0 Å². The summed E-state index contributed by atoms with van der Waals surface area (Å²) in [5, 5.41) is 0. The van der Waals surface area contributed by atoms with Gasteiger partial charge in [0.1, 0.15) is 0 Å². The lowest BCUT2D eigenvalue weighted by Gasteiger charge is -1.93. The van der Waals surface area contributed by atoms with Crippen molar-refractivity contribution in [2.24, 2.45) is 5.73 Å². The van der Waals surface area contributed by atoms with Gasteiger partial charge in [-0.15, -0.1) is 24.8 Å². The minimum atomic E-state index is 0. The third-order valence-corrected chi connectivity index (χ3v) is 1.97. The van der Waals surface area contributed by atoms with Crippen LogP contribution >= 0.6 is 24.8 Å². The van der Waals surface area contributed by atoms with E-state index in [9.17, 15) is 0 Å². The fraction of sp³-hybridized carbons (Fsp3) is 0.375. The van der Waals surface area contributed by atoms with E-state index in [0.29, 0.717) is 12.0 Å². The molecule has 2 N–H and O–H groups in total. The summed E-state index contributed by atoms with van der Waals surface area (Å²) in [6.07, 6.45) is 4.78. The van der Waals surface area contributed by atoms with Crippen LogP contribution in [0.25, 0.3) is 0 Å². The lowest BCUT2D eigenvalue weighted by Crippen LogP contribution is -2.00. The van der Waals surface area contributed by atoms with Crippen molar-refractivity contribution in [2.45, 2.75) is 18.4 Å². The number of hydrogen-bond acceptors (Lipinski definition) is 2. The quantitative estimate of drug-likeness (QED) is 0.761. The molecular weight excluding hydrogens is 195 g/mol. The van der Waals surface area contributed by atoms with E-state index in [4.69, 9.17) is 5.73 Å². The fourth-order valence-corrected chi connectivity index (χ4v) is 1.21. The zero-order chi connectivity index (χ0) is 6.97. The van der Waals surface area contributed by atoms with Gasteiger partial charge in [0, 0.05) is 24.4 Å². The van der Waals surface area contributed by atoms with Crippen LogP contribution in [0, 0.1) is 0 Å². The van der Waals surface area contributed by atoms with Gasteiger partial charge in [-0.3, -0.25) is 4.98 Å². The van der Waals surface area contributed by atoms with Gasteiger partial charge >= 0.3 is 0 Å². The van der Waals surface area contributed by atoms with Gasteiger partial charge in [-0.05, 0) is 24.1 Å². The van der Waals surface area contributed by atoms with Gasteiger partial charge in [0.2, 0.25) is 0 Å². The summed E-state index contributed by atoms with van der Waals surface area (Å²) >= 11 is 0. The largest absolute Gasteiger partial charge is 0.327 e. The molecule has 0 spiro atoms. The molecular formula is C8H12Cl2N2. The van der Waals surface area contributed by atoms with Crippen molar-refractivity contribution in [2.75, 3.05) is 0 Å². The van der Waals surface area contributed by atoms with E-state index in [2.05, 4.69) is 4.98 Å². The Morgan fingerprint density at radius 3 is 2.17 bits per heavy atom. The van der Waals surface area contributed by atoms with Crippen LogP contribution in [-0.2, 0) is 0 Å². The van der Waals surface area contributed by atoms with Gasteiger partial charge in [0.15, 0.2) is 0 Å². The molecule has 1 aliphatic rings. The summed E-state index contributed by atoms with van der Waals surface area (Å²) in [6.45, 7) is 0. The first kappa shape index (κ1) is 11.7. The molecule has 1 fully saturated rings. The SMILES string of the molecule is Cl.Cl.N[C@@H]1CC1c1ccncc1. The maximum Gasteiger partial charge on any atom is 0.0270 e. The summed E-state index contributed by atoms with van der Waals surface area (Å²) in [5.41, 5.74) is 7.01. The van der Waals surface area contributed by atoms with Crippen LogP contribution in [-0.4, -0.2) is 11.0 Å². The molecule has 1 aromatic rings. The van der Waals surface area contributed by atoms with E-state index in [1.54, 1.807) is 0 Å². The number of hydrogen-bond donors (Lipinski definition) is 1.